The lowest BCUT2D eigenvalue weighted by Gasteiger charge is -2.04. The molecule has 0 saturated carbocycles. The molecule has 0 spiro atoms. The lowest BCUT2D eigenvalue weighted by Crippen LogP contribution is -2.17. The van der Waals surface area contributed by atoms with E-state index < -0.39 is 28.0 Å². The van der Waals surface area contributed by atoms with E-state index in [4.69, 9.17) is 10.2 Å². The molecule has 0 aromatic carbocycles. The molecule has 0 unspecified atom stereocenters. The minimum absolute atomic E-state index is 0.207. The second-order valence-electron chi connectivity index (χ2n) is 1.69. The normalized spacial score (nSPS) is 12.6. The van der Waals surface area contributed by atoms with Crippen LogP contribution in [-0.2, 0) is 0 Å². The third-order valence-electron chi connectivity index (χ3n) is 0.735. The van der Waals surface area contributed by atoms with Crippen LogP contribution in [0.4, 0.5) is 13.2 Å². The number of aliphatic hydroxyl groups is 2. The maximum Gasteiger partial charge on any atom is 0.388 e. The van der Waals surface area contributed by atoms with Crippen LogP contribution < -0.4 is 0 Å². The van der Waals surface area contributed by atoms with E-state index in [-0.39, 0.29) is 6.04 Å². The van der Waals surface area contributed by atoms with E-state index >= 15 is 0 Å². The van der Waals surface area contributed by atoms with Gasteiger partial charge in [-0.3, -0.25) is 0 Å². The van der Waals surface area contributed by atoms with Gasteiger partial charge in [0.15, 0.2) is 0 Å². The number of hydrogen-bond acceptors (Lipinski definition) is 2. The maximum absolute atomic E-state index is 11.3. The van der Waals surface area contributed by atoms with Gasteiger partial charge in [-0.2, -0.15) is 13.2 Å². The highest BCUT2D eigenvalue weighted by Crippen LogP contribution is 2.21. The first-order chi connectivity index (χ1) is 4.42. The quantitative estimate of drug-likeness (QED) is 0.475. The highest BCUT2D eigenvalue weighted by Gasteiger charge is 2.26. The van der Waals surface area contributed by atoms with Crippen molar-refractivity contribution in [3.05, 3.63) is 0 Å². The zero-order valence-corrected chi connectivity index (χ0v) is 6.02. The molecule has 2 nitrogen and oxygen atoms in total. The zero-order chi connectivity index (χ0) is 8.20. The SMILES string of the molecule is OC(O)[Si]CCC(F)(F)F. The Morgan fingerprint density at radius 1 is 1.30 bits per heavy atom. The first-order valence-corrected chi connectivity index (χ1v) is 3.86. The smallest absolute Gasteiger partial charge is 0.372 e. The molecule has 0 aromatic heterocycles. The second-order valence-corrected chi connectivity index (χ2v) is 3.12. The molecule has 0 rings (SSSR count). The van der Waals surface area contributed by atoms with Gasteiger partial charge in [-0.05, 0) is 6.04 Å². The summed E-state index contributed by atoms with van der Waals surface area (Å²) >= 11 is 0. The molecule has 0 saturated heterocycles. The van der Waals surface area contributed by atoms with Crippen LogP contribution >= 0.6 is 0 Å². The van der Waals surface area contributed by atoms with E-state index in [0.29, 0.717) is 0 Å². The topological polar surface area (TPSA) is 40.5 Å². The average molecular weight is 172 g/mol. The predicted octanol–water partition coefficient (Wildman–Crippen LogP) is 0.329. The first kappa shape index (κ1) is 9.93. The van der Waals surface area contributed by atoms with Crippen LogP contribution in [0.1, 0.15) is 6.42 Å². The van der Waals surface area contributed by atoms with E-state index in [1.165, 1.54) is 0 Å². The Labute approximate surface area is 58.5 Å². The molecule has 0 aliphatic carbocycles. The number of halogens is 3. The van der Waals surface area contributed by atoms with E-state index in [9.17, 15) is 13.2 Å². The Hall–Kier alpha value is -0.0731. The Kier molecular flexibility index (Phi) is 3.91. The highest BCUT2D eigenvalue weighted by atomic mass is 28.2. The van der Waals surface area contributed by atoms with Crippen LogP contribution in [0, 0.1) is 0 Å². The lowest BCUT2D eigenvalue weighted by atomic mass is 10.5. The van der Waals surface area contributed by atoms with Crippen molar-refractivity contribution in [2.24, 2.45) is 0 Å². The van der Waals surface area contributed by atoms with E-state index in [1.807, 2.05) is 0 Å². The standard InChI is InChI=1S/C4H7F3O2Si/c5-4(6,7)1-2-10-3(8)9/h3,8-9H,1-2H2. The van der Waals surface area contributed by atoms with Gasteiger partial charge >= 0.3 is 6.18 Å². The molecular formula is C4H7F3O2Si. The van der Waals surface area contributed by atoms with Gasteiger partial charge < -0.3 is 10.2 Å². The van der Waals surface area contributed by atoms with Crippen LogP contribution in [0.5, 0.6) is 0 Å². The minimum atomic E-state index is -4.18. The Bertz CT molecular complexity index is 93.0. The number of hydrogen-bond donors (Lipinski definition) is 2. The third kappa shape index (κ3) is 7.93. The van der Waals surface area contributed by atoms with E-state index in [1.54, 1.807) is 0 Å². The van der Waals surface area contributed by atoms with Crippen molar-refractivity contribution in [1.82, 2.24) is 0 Å². The summed E-state index contributed by atoms with van der Waals surface area (Å²) in [5, 5.41) is 16.3. The van der Waals surface area contributed by atoms with Gasteiger partial charge in [0.25, 0.3) is 0 Å². The van der Waals surface area contributed by atoms with Gasteiger partial charge in [0, 0.05) is 6.42 Å². The molecule has 0 atom stereocenters. The largest absolute Gasteiger partial charge is 0.388 e. The van der Waals surface area contributed by atoms with Crippen molar-refractivity contribution in [3.63, 3.8) is 0 Å². The summed E-state index contributed by atoms with van der Waals surface area (Å²) in [5.41, 5.74) is 0. The number of alkyl halides is 3. The summed E-state index contributed by atoms with van der Waals surface area (Å²) in [4.78, 5) is 0. The lowest BCUT2D eigenvalue weighted by molar-refractivity contribution is -0.130. The van der Waals surface area contributed by atoms with Gasteiger partial charge in [-0.15, -0.1) is 0 Å². The van der Waals surface area contributed by atoms with Crippen molar-refractivity contribution in [2.75, 3.05) is 0 Å². The Balaban J connectivity index is 3.21. The summed E-state index contributed by atoms with van der Waals surface area (Å²) in [6.45, 7) is 0. The minimum Gasteiger partial charge on any atom is -0.372 e. The van der Waals surface area contributed by atoms with Crippen LogP contribution in [-0.4, -0.2) is 31.8 Å². The van der Waals surface area contributed by atoms with Crippen molar-refractivity contribution in [1.29, 1.82) is 0 Å². The van der Waals surface area contributed by atoms with Crippen molar-refractivity contribution in [3.8, 4) is 0 Å². The van der Waals surface area contributed by atoms with E-state index in [2.05, 4.69) is 0 Å². The molecule has 10 heavy (non-hydrogen) atoms. The van der Waals surface area contributed by atoms with Gasteiger partial charge in [0.05, 0.1) is 0 Å². The Morgan fingerprint density at radius 3 is 2.10 bits per heavy atom. The van der Waals surface area contributed by atoms with Gasteiger partial charge in [-0.1, -0.05) is 0 Å². The molecule has 6 heteroatoms. The predicted molar refractivity (Wildman–Crippen MR) is 29.5 cm³/mol. The molecular weight excluding hydrogens is 165 g/mol. The molecule has 2 radical (unpaired) electrons. The summed E-state index contributed by atoms with van der Waals surface area (Å²) in [6.07, 6.45) is -5.12. The first-order valence-electron chi connectivity index (χ1n) is 2.58. The maximum atomic E-state index is 11.3. The van der Waals surface area contributed by atoms with Crippen LogP contribution in [0.15, 0.2) is 0 Å². The molecule has 0 fully saturated rings. The molecule has 60 valence electrons. The molecule has 0 heterocycles. The molecule has 0 aliphatic rings. The molecule has 0 aromatic rings. The summed E-state index contributed by atoms with van der Waals surface area (Å²) in [5.74, 6) is -1.60. The van der Waals surface area contributed by atoms with Crippen molar-refractivity contribution in [2.45, 2.75) is 24.6 Å². The van der Waals surface area contributed by atoms with E-state index in [0.717, 1.165) is 0 Å². The highest BCUT2D eigenvalue weighted by molar-refractivity contribution is 6.36. The fourth-order valence-corrected chi connectivity index (χ4v) is 1.03. The monoisotopic (exact) mass is 172 g/mol. The fraction of sp³-hybridized carbons (Fsp3) is 1.00. The van der Waals surface area contributed by atoms with Gasteiger partial charge in [-0.25, -0.2) is 0 Å². The molecule has 0 aliphatic heterocycles. The van der Waals surface area contributed by atoms with Crippen LogP contribution in [0.3, 0.4) is 0 Å². The third-order valence-corrected chi connectivity index (χ3v) is 1.64. The number of rotatable bonds is 3. The molecule has 2 N–H and O–H groups in total. The summed E-state index contributed by atoms with van der Waals surface area (Å²) in [7, 11) is -0.447. The molecule has 0 bridgehead atoms. The van der Waals surface area contributed by atoms with Gasteiger partial charge in [0.2, 0.25) is 0 Å². The Morgan fingerprint density at radius 2 is 1.80 bits per heavy atom. The van der Waals surface area contributed by atoms with Crippen LogP contribution in [0.25, 0.3) is 0 Å². The fourth-order valence-electron chi connectivity index (χ4n) is 0.343. The second kappa shape index (κ2) is 3.94. The van der Waals surface area contributed by atoms with Gasteiger partial charge in [0.1, 0.15) is 15.4 Å². The summed E-state index contributed by atoms with van der Waals surface area (Å²) < 4.78 is 34.0. The average Bonchev–Trinajstić information content (AvgIpc) is 1.59. The molecule has 0 amide bonds. The summed E-state index contributed by atoms with van der Waals surface area (Å²) in [6, 6.07) is -0.207. The zero-order valence-electron chi connectivity index (χ0n) is 5.02. The van der Waals surface area contributed by atoms with Crippen molar-refractivity contribution >= 4 is 9.52 Å². The number of aliphatic hydroxyl groups excluding tert-OH is 1. The van der Waals surface area contributed by atoms with Crippen molar-refractivity contribution < 1.29 is 23.4 Å². The van der Waals surface area contributed by atoms with Crippen LogP contribution in [0.2, 0.25) is 6.04 Å².